The fourth-order valence-electron chi connectivity index (χ4n) is 3.53. The summed E-state index contributed by atoms with van der Waals surface area (Å²) in [6.07, 6.45) is 0. The quantitative estimate of drug-likeness (QED) is 0.301. The van der Waals surface area contributed by atoms with Crippen LogP contribution in [0.4, 0.5) is 11.4 Å². The number of carbonyl (C=O) groups excluding carboxylic acids is 1. The Kier molecular flexibility index (Phi) is 9.66. The molecule has 0 spiro atoms. The highest BCUT2D eigenvalue weighted by atomic mass is 35.5. The maximum absolute atomic E-state index is 13.1. The largest absolute Gasteiger partial charge is 0.494 e. The van der Waals surface area contributed by atoms with E-state index in [9.17, 15) is 21.6 Å². The Bertz CT molecular complexity index is 1510. The third-order valence-electron chi connectivity index (χ3n) is 5.43. The van der Waals surface area contributed by atoms with E-state index >= 15 is 0 Å². The highest BCUT2D eigenvalue weighted by Gasteiger charge is 2.24. The van der Waals surface area contributed by atoms with E-state index in [4.69, 9.17) is 27.9 Å². The van der Waals surface area contributed by atoms with Crippen LogP contribution in [0.5, 0.6) is 5.75 Å². The fourth-order valence-corrected chi connectivity index (χ4v) is 6.90. The Hall–Kier alpha value is -2.83. The van der Waals surface area contributed by atoms with Crippen molar-refractivity contribution in [3.05, 3.63) is 76.3 Å². The number of rotatable bonds is 11. The zero-order chi connectivity index (χ0) is 28.1. The van der Waals surface area contributed by atoms with Gasteiger partial charge in [-0.15, -0.1) is 0 Å². The molecule has 0 atom stereocenters. The van der Waals surface area contributed by atoms with Gasteiger partial charge in [-0.05, 0) is 67.6 Å². The summed E-state index contributed by atoms with van der Waals surface area (Å²) in [6, 6.07) is 14.2. The lowest BCUT2D eigenvalue weighted by Gasteiger charge is -2.18. The number of anilines is 2. The molecule has 38 heavy (non-hydrogen) atoms. The van der Waals surface area contributed by atoms with E-state index in [1.54, 1.807) is 26.0 Å². The number of amides is 1. The Labute approximate surface area is 232 Å². The van der Waals surface area contributed by atoms with Gasteiger partial charge in [0.2, 0.25) is 10.0 Å². The van der Waals surface area contributed by atoms with Gasteiger partial charge in [0, 0.05) is 24.5 Å². The molecule has 13 heteroatoms. The van der Waals surface area contributed by atoms with Gasteiger partial charge in [0.1, 0.15) is 10.6 Å². The molecule has 0 saturated carbocycles. The summed E-state index contributed by atoms with van der Waals surface area (Å²) in [5, 5.41) is 2.36. The van der Waals surface area contributed by atoms with E-state index in [2.05, 4.69) is 10.0 Å². The van der Waals surface area contributed by atoms with Gasteiger partial charge >= 0.3 is 0 Å². The number of carbonyl (C=O) groups is 1. The van der Waals surface area contributed by atoms with Gasteiger partial charge in [-0.25, -0.2) is 16.8 Å². The number of sulfonamides is 2. The van der Waals surface area contributed by atoms with Crippen molar-refractivity contribution in [2.75, 3.05) is 29.7 Å². The topological polar surface area (TPSA) is 122 Å². The van der Waals surface area contributed by atoms with Crippen molar-refractivity contribution in [2.24, 2.45) is 0 Å². The number of nitrogens with one attached hydrogen (secondary N) is 2. The van der Waals surface area contributed by atoms with Crippen LogP contribution < -0.4 is 14.8 Å². The molecule has 204 valence electrons. The van der Waals surface area contributed by atoms with Gasteiger partial charge in [-0.1, -0.05) is 37.0 Å². The Morgan fingerprint density at radius 1 is 0.842 bits per heavy atom. The van der Waals surface area contributed by atoms with Crippen LogP contribution in [0.1, 0.15) is 31.1 Å². The molecule has 3 aromatic rings. The summed E-state index contributed by atoms with van der Waals surface area (Å²) < 4.78 is 60.5. The standard InChI is InChI=1S/C25H27Cl2N3O6S2/c1-4-30(5-2)38(34,35)20-13-9-17(10-14-20)28-25(31)21-15-24(23(27)16-22(21)26)37(32,33)29-18-7-11-19(12-8-18)36-6-3/h7-16,29H,4-6H2,1-3H3,(H,28,31). The van der Waals surface area contributed by atoms with Crippen molar-refractivity contribution < 1.29 is 26.4 Å². The molecular formula is C25H27Cl2N3O6S2. The summed E-state index contributed by atoms with van der Waals surface area (Å²) in [5.74, 6) is -0.124. The van der Waals surface area contributed by atoms with Crippen LogP contribution in [0, 0.1) is 0 Å². The predicted molar refractivity (Wildman–Crippen MR) is 149 cm³/mol. The van der Waals surface area contributed by atoms with Crippen molar-refractivity contribution in [3.8, 4) is 5.75 Å². The minimum atomic E-state index is -4.18. The van der Waals surface area contributed by atoms with E-state index in [0.717, 1.165) is 6.07 Å². The number of hydrogen-bond acceptors (Lipinski definition) is 6. The summed E-state index contributed by atoms with van der Waals surface area (Å²) >= 11 is 12.4. The minimum Gasteiger partial charge on any atom is -0.494 e. The number of halogens is 2. The van der Waals surface area contributed by atoms with E-state index in [1.165, 1.54) is 46.8 Å². The van der Waals surface area contributed by atoms with Crippen LogP contribution in [0.25, 0.3) is 0 Å². The summed E-state index contributed by atoms with van der Waals surface area (Å²) in [5.41, 5.74) is 0.421. The molecule has 3 aromatic carbocycles. The first-order valence-electron chi connectivity index (χ1n) is 11.6. The second-order valence-corrected chi connectivity index (χ2v) is 12.3. The van der Waals surface area contributed by atoms with Crippen LogP contribution in [0.2, 0.25) is 10.0 Å². The summed E-state index contributed by atoms with van der Waals surface area (Å²) in [7, 11) is -7.84. The average molecular weight is 601 g/mol. The van der Waals surface area contributed by atoms with Gasteiger partial charge in [-0.3, -0.25) is 9.52 Å². The third-order valence-corrected chi connectivity index (χ3v) is 9.65. The molecule has 0 aliphatic heterocycles. The lowest BCUT2D eigenvalue weighted by Crippen LogP contribution is -2.30. The molecule has 0 aromatic heterocycles. The van der Waals surface area contributed by atoms with E-state index in [-0.39, 0.29) is 36.8 Å². The van der Waals surface area contributed by atoms with Crippen molar-refractivity contribution in [1.29, 1.82) is 0 Å². The van der Waals surface area contributed by atoms with Crippen molar-refractivity contribution in [3.63, 3.8) is 0 Å². The second kappa shape index (κ2) is 12.4. The Morgan fingerprint density at radius 2 is 1.42 bits per heavy atom. The molecule has 9 nitrogen and oxygen atoms in total. The second-order valence-electron chi connectivity index (χ2n) is 7.89. The van der Waals surface area contributed by atoms with Crippen molar-refractivity contribution >= 4 is 60.5 Å². The molecule has 2 N–H and O–H groups in total. The minimum absolute atomic E-state index is 0.0618. The molecule has 0 radical (unpaired) electrons. The van der Waals surface area contributed by atoms with Gasteiger partial charge < -0.3 is 10.1 Å². The van der Waals surface area contributed by atoms with E-state index in [0.29, 0.717) is 25.4 Å². The molecule has 0 fully saturated rings. The SMILES string of the molecule is CCOc1ccc(NS(=O)(=O)c2cc(C(=O)Nc3ccc(S(=O)(=O)N(CC)CC)cc3)c(Cl)cc2Cl)cc1. The zero-order valence-corrected chi connectivity index (χ0v) is 24.0. The summed E-state index contributed by atoms with van der Waals surface area (Å²) in [4.78, 5) is 12.7. The maximum Gasteiger partial charge on any atom is 0.263 e. The summed E-state index contributed by atoms with van der Waals surface area (Å²) in [6.45, 7) is 6.44. The van der Waals surface area contributed by atoms with Gasteiger partial charge in [0.05, 0.1) is 27.1 Å². The number of benzene rings is 3. The zero-order valence-electron chi connectivity index (χ0n) is 20.9. The molecule has 0 aliphatic rings. The van der Waals surface area contributed by atoms with Crippen molar-refractivity contribution in [1.82, 2.24) is 4.31 Å². The molecule has 3 rings (SSSR count). The molecular weight excluding hydrogens is 573 g/mol. The molecule has 1 amide bonds. The van der Waals surface area contributed by atoms with E-state index in [1.807, 2.05) is 6.92 Å². The van der Waals surface area contributed by atoms with Crippen molar-refractivity contribution in [2.45, 2.75) is 30.6 Å². The normalized spacial score (nSPS) is 11.8. The fraction of sp³-hybridized carbons (Fsp3) is 0.240. The van der Waals surface area contributed by atoms with Crippen LogP contribution in [-0.4, -0.2) is 46.7 Å². The van der Waals surface area contributed by atoms with Crippen LogP contribution in [-0.2, 0) is 20.0 Å². The Balaban J connectivity index is 1.84. The molecule has 0 aliphatic carbocycles. The first-order chi connectivity index (χ1) is 17.9. The molecule has 0 bridgehead atoms. The lowest BCUT2D eigenvalue weighted by molar-refractivity contribution is 0.102. The molecule has 0 saturated heterocycles. The first-order valence-corrected chi connectivity index (χ1v) is 15.3. The monoisotopic (exact) mass is 599 g/mol. The smallest absolute Gasteiger partial charge is 0.263 e. The van der Waals surface area contributed by atoms with E-state index < -0.39 is 26.0 Å². The highest BCUT2D eigenvalue weighted by Crippen LogP contribution is 2.31. The third kappa shape index (κ3) is 6.78. The van der Waals surface area contributed by atoms with Crippen LogP contribution in [0.15, 0.2) is 70.5 Å². The lowest BCUT2D eigenvalue weighted by atomic mass is 10.2. The average Bonchev–Trinajstić information content (AvgIpc) is 2.86. The van der Waals surface area contributed by atoms with Crippen LogP contribution >= 0.6 is 23.2 Å². The van der Waals surface area contributed by atoms with Gasteiger partial charge in [0.25, 0.3) is 15.9 Å². The first kappa shape index (κ1) is 29.7. The van der Waals surface area contributed by atoms with Gasteiger partial charge in [0.15, 0.2) is 0 Å². The highest BCUT2D eigenvalue weighted by molar-refractivity contribution is 7.92. The number of hydrogen-bond donors (Lipinski definition) is 2. The molecule has 0 heterocycles. The van der Waals surface area contributed by atoms with Gasteiger partial charge in [-0.2, -0.15) is 4.31 Å². The van der Waals surface area contributed by atoms with Crippen LogP contribution in [0.3, 0.4) is 0 Å². The maximum atomic E-state index is 13.1. The molecule has 0 unspecified atom stereocenters. The predicted octanol–water partition coefficient (Wildman–Crippen LogP) is 5.48. The number of nitrogens with zero attached hydrogens (tertiary/aromatic N) is 1. The Morgan fingerprint density at radius 3 is 1.97 bits per heavy atom. The number of ether oxygens (including phenoxy) is 1.